The van der Waals surface area contributed by atoms with Crippen LogP contribution in [0.5, 0.6) is 11.5 Å². The Bertz CT molecular complexity index is 501. The summed E-state index contributed by atoms with van der Waals surface area (Å²) in [5.41, 5.74) is 8.09. The molecule has 1 aromatic rings. The fraction of sp³-hybridized carbons (Fsp3) is 0.533. The largest absolute Gasteiger partial charge is 0.496 e. The van der Waals surface area contributed by atoms with Gasteiger partial charge < -0.3 is 15.2 Å². The lowest BCUT2D eigenvalue weighted by atomic mass is 10.0. The fourth-order valence-electron chi connectivity index (χ4n) is 2.32. The molecule has 4 nitrogen and oxygen atoms in total. The molecule has 0 radical (unpaired) electrons. The maximum atomic E-state index is 5.89. The van der Waals surface area contributed by atoms with E-state index >= 15 is 0 Å². The summed E-state index contributed by atoms with van der Waals surface area (Å²) >= 11 is 1.82. The molecule has 0 amide bonds. The highest BCUT2D eigenvalue weighted by Gasteiger charge is 2.16. The molecule has 2 rings (SSSR count). The molecule has 0 fully saturated rings. The van der Waals surface area contributed by atoms with Crippen LogP contribution in [0.15, 0.2) is 17.1 Å². The van der Waals surface area contributed by atoms with Crippen LogP contribution in [0.25, 0.3) is 0 Å². The second-order valence-electron chi connectivity index (χ2n) is 4.96. The van der Waals surface area contributed by atoms with E-state index < -0.39 is 0 Å². The van der Waals surface area contributed by atoms with Gasteiger partial charge in [-0.2, -0.15) is 0 Å². The van der Waals surface area contributed by atoms with Crippen molar-refractivity contribution in [3.05, 3.63) is 23.3 Å². The van der Waals surface area contributed by atoms with Gasteiger partial charge in [0.25, 0.3) is 0 Å². The maximum absolute atomic E-state index is 5.89. The van der Waals surface area contributed by atoms with E-state index in [9.17, 15) is 0 Å². The zero-order valence-electron chi connectivity index (χ0n) is 12.3. The smallest absolute Gasteiger partial charge is 0.123 e. The van der Waals surface area contributed by atoms with E-state index in [1.54, 1.807) is 14.2 Å². The van der Waals surface area contributed by atoms with Crippen molar-refractivity contribution in [3.63, 3.8) is 0 Å². The lowest BCUT2D eigenvalue weighted by Crippen LogP contribution is -2.18. The third-order valence-corrected chi connectivity index (χ3v) is 4.21. The molecule has 1 unspecified atom stereocenters. The molecule has 1 aliphatic heterocycles. The van der Waals surface area contributed by atoms with Crippen LogP contribution in [-0.2, 0) is 12.8 Å². The SMILES string of the molecule is COc1cc(CC(C)N)c(OC)cc1CC1=NCCS1. The Morgan fingerprint density at radius 3 is 2.45 bits per heavy atom. The standard InChI is InChI=1S/C15H22N2O2S/c1-10(16)6-11-7-14(19-3)12(8-13(11)18-2)9-15-17-4-5-20-15/h7-8,10H,4-6,9,16H2,1-3H3. The van der Waals surface area contributed by atoms with Gasteiger partial charge in [0.05, 0.1) is 19.3 Å². The second kappa shape index (κ2) is 6.99. The van der Waals surface area contributed by atoms with E-state index in [4.69, 9.17) is 15.2 Å². The van der Waals surface area contributed by atoms with Crippen molar-refractivity contribution in [1.82, 2.24) is 0 Å². The van der Waals surface area contributed by atoms with Crippen LogP contribution in [0.2, 0.25) is 0 Å². The Morgan fingerprint density at radius 1 is 1.25 bits per heavy atom. The first kappa shape index (κ1) is 15.2. The van der Waals surface area contributed by atoms with Crippen molar-refractivity contribution < 1.29 is 9.47 Å². The Kier molecular flexibility index (Phi) is 5.31. The van der Waals surface area contributed by atoms with Crippen LogP contribution < -0.4 is 15.2 Å². The van der Waals surface area contributed by atoms with Crippen LogP contribution in [-0.4, -0.2) is 37.6 Å². The van der Waals surface area contributed by atoms with Crippen molar-refractivity contribution >= 4 is 16.8 Å². The molecule has 1 atom stereocenters. The maximum Gasteiger partial charge on any atom is 0.123 e. The number of ether oxygens (including phenoxy) is 2. The van der Waals surface area contributed by atoms with Gasteiger partial charge in [0.15, 0.2) is 0 Å². The van der Waals surface area contributed by atoms with Crippen molar-refractivity contribution in [2.45, 2.75) is 25.8 Å². The van der Waals surface area contributed by atoms with Gasteiger partial charge in [0.1, 0.15) is 11.5 Å². The Balaban J connectivity index is 2.30. The number of nitrogens with zero attached hydrogens (tertiary/aromatic N) is 1. The molecule has 5 heteroatoms. The van der Waals surface area contributed by atoms with Gasteiger partial charge in [-0.15, -0.1) is 11.8 Å². The van der Waals surface area contributed by atoms with Crippen LogP contribution >= 0.6 is 11.8 Å². The minimum atomic E-state index is 0.0919. The summed E-state index contributed by atoms with van der Waals surface area (Å²) in [6, 6.07) is 4.18. The third-order valence-electron chi connectivity index (χ3n) is 3.22. The number of benzene rings is 1. The average molecular weight is 294 g/mol. The van der Waals surface area contributed by atoms with Gasteiger partial charge >= 0.3 is 0 Å². The van der Waals surface area contributed by atoms with Crippen molar-refractivity contribution in [1.29, 1.82) is 0 Å². The third kappa shape index (κ3) is 3.67. The number of rotatable bonds is 6. The zero-order valence-corrected chi connectivity index (χ0v) is 13.1. The molecule has 20 heavy (non-hydrogen) atoms. The average Bonchev–Trinajstić information content (AvgIpc) is 2.92. The predicted octanol–water partition coefficient (Wildman–Crippen LogP) is 2.28. The summed E-state index contributed by atoms with van der Waals surface area (Å²) in [5, 5.41) is 1.17. The number of hydrogen-bond acceptors (Lipinski definition) is 5. The first-order valence-electron chi connectivity index (χ1n) is 6.79. The molecule has 0 saturated carbocycles. The second-order valence-corrected chi connectivity index (χ2v) is 6.13. The van der Waals surface area contributed by atoms with Crippen molar-refractivity contribution in [2.75, 3.05) is 26.5 Å². The summed E-state index contributed by atoms with van der Waals surface area (Å²) in [6.07, 6.45) is 1.58. The highest BCUT2D eigenvalue weighted by molar-refractivity contribution is 8.14. The summed E-state index contributed by atoms with van der Waals surface area (Å²) in [4.78, 5) is 4.50. The highest BCUT2D eigenvalue weighted by atomic mass is 32.2. The molecule has 0 aliphatic carbocycles. The van der Waals surface area contributed by atoms with E-state index in [1.165, 1.54) is 5.04 Å². The van der Waals surface area contributed by atoms with Gasteiger partial charge in [-0.05, 0) is 31.0 Å². The molecule has 110 valence electrons. The van der Waals surface area contributed by atoms with E-state index in [0.717, 1.165) is 47.8 Å². The quantitative estimate of drug-likeness (QED) is 0.874. The monoisotopic (exact) mass is 294 g/mol. The number of nitrogens with two attached hydrogens (primary N) is 1. The number of methoxy groups -OCH3 is 2. The molecule has 1 heterocycles. The first-order valence-corrected chi connectivity index (χ1v) is 7.78. The Hall–Kier alpha value is -1.20. The minimum absolute atomic E-state index is 0.0919. The van der Waals surface area contributed by atoms with E-state index in [0.29, 0.717) is 0 Å². The first-order chi connectivity index (χ1) is 9.63. The van der Waals surface area contributed by atoms with Gasteiger partial charge in [0, 0.05) is 30.3 Å². The normalized spacial score (nSPS) is 15.9. The molecule has 0 spiro atoms. The summed E-state index contributed by atoms with van der Waals surface area (Å²) in [6.45, 7) is 2.91. The van der Waals surface area contributed by atoms with E-state index in [1.807, 2.05) is 24.8 Å². The fourth-order valence-corrected chi connectivity index (χ4v) is 3.18. The number of aliphatic imine (C=N–C) groups is 1. The molecule has 2 N–H and O–H groups in total. The van der Waals surface area contributed by atoms with Crippen molar-refractivity contribution in [3.8, 4) is 11.5 Å². The highest BCUT2D eigenvalue weighted by Crippen LogP contribution is 2.31. The zero-order chi connectivity index (χ0) is 14.5. The van der Waals surface area contributed by atoms with E-state index in [2.05, 4.69) is 11.1 Å². The summed E-state index contributed by atoms with van der Waals surface area (Å²) < 4.78 is 11.0. The molecule has 1 aromatic carbocycles. The molecule has 0 aromatic heterocycles. The molecule has 1 aliphatic rings. The van der Waals surface area contributed by atoms with E-state index in [-0.39, 0.29) is 6.04 Å². The summed E-state index contributed by atoms with van der Waals surface area (Å²) in [5.74, 6) is 2.84. The molecule has 0 bridgehead atoms. The molecule has 0 saturated heterocycles. The molecular weight excluding hydrogens is 272 g/mol. The summed E-state index contributed by atoms with van der Waals surface area (Å²) in [7, 11) is 3.39. The lowest BCUT2D eigenvalue weighted by Gasteiger charge is -2.16. The predicted molar refractivity (Wildman–Crippen MR) is 85.4 cm³/mol. The Morgan fingerprint density at radius 2 is 1.90 bits per heavy atom. The Labute approximate surface area is 124 Å². The van der Waals surface area contributed by atoms with Gasteiger partial charge in [-0.1, -0.05) is 0 Å². The van der Waals surface area contributed by atoms with Gasteiger partial charge in [-0.3, -0.25) is 4.99 Å². The minimum Gasteiger partial charge on any atom is -0.496 e. The van der Waals surface area contributed by atoms with Gasteiger partial charge in [-0.25, -0.2) is 0 Å². The van der Waals surface area contributed by atoms with Crippen LogP contribution in [0, 0.1) is 0 Å². The number of hydrogen-bond donors (Lipinski definition) is 1. The van der Waals surface area contributed by atoms with Crippen LogP contribution in [0.1, 0.15) is 18.1 Å². The van der Waals surface area contributed by atoms with Crippen LogP contribution in [0.3, 0.4) is 0 Å². The van der Waals surface area contributed by atoms with Crippen molar-refractivity contribution in [2.24, 2.45) is 10.7 Å². The topological polar surface area (TPSA) is 56.8 Å². The number of thioether (sulfide) groups is 1. The molecular formula is C15H22N2O2S. The van der Waals surface area contributed by atoms with Crippen LogP contribution in [0.4, 0.5) is 0 Å². The van der Waals surface area contributed by atoms with Gasteiger partial charge in [0.2, 0.25) is 0 Å². The lowest BCUT2D eigenvalue weighted by molar-refractivity contribution is 0.395.